The summed E-state index contributed by atoms with van der Waals surface area (Å²) < 4.78 is 33.3. The number of hydrogen-bond acceptors (Lipinski definition) is 4. The lowest BCUT2D eigenvalue weighted by atomic mass is 9.87. The fourth-order valence-electron chi connectivity index (χ4n) is 3.86. The Labute approximate surface area is 198 Å². The number of amides is 1. The number of nitrogens with zero attached hydrogens (tertiary/aromatic N) is 1. The summed E-state index contributed by atoms with van der Waals surface area (Å²) in [5.41, 5.74) is 1.84. The Hall–Kier alpha value is -2.38. The number of carbonyl (C=O) groups excluding carboxylic acids is 1. The first-order valence-electron chi connectivity index (χ1n) is 11.8. The summed E-state index contributed by atoms with van der Waals surface area (Å²) in [5, 5.41) is 2.81. The molecule has 0 bridgehead atoms. The molecule has 0 radical (unpaired) electrons. The van der Waals surface area contributed by atoms with Gasteiger partial charge in [-0.1, -0.05) is 51.8 Å². The van der Waals surface area contributed by atoms with Crippen molar-refractivity contribution in [2.24, 2.45) is 0 Å². The molecule has 180 valence electrons. The molecule has 33 heavy (non-hydrogen) atoms. The first kappa shape index (κ1) is 25.2. The van der Waals surface area contributed by atoms with Crippen molar-refractivity contribution in [2.45, 2.75) is 69.6 Å². The molecule has 0 aromatic heterocycles. The summed E-state index contributed by atoms with van der Waals surface area (Å²) in [6.45, 7) is 8.05. The number of hydrogen-bond donors (Lipinski definition) is 1. The fourth-order valence-corrected chi connectivity index (χ4v) is 5.43. The number of carbonyl (C=O) groups is 1. The highest BCUT2D eigenvalue weighted by molar-refractivity contribution is 7.89. The maximum Gasteiger partial charge on any atom is 0.243 e. The third kappa shape index (κ3) is 7.30. The molecule has 0 unspecified atom stereocenters. The van der Waals surface area contributed by atoms with Crippen LogP contribution in [0, 0.1) is 0 Å². The zero-order chi connectivity index (χ0) is 23.9. The van der Waals surface area contributed by atoms with Crippen LogP contribution in [-0.4, -0.2) is 38.3 Å². The zero-order valence-corrected chi connectivity index (χ0v) is 20.8. The third-order valence-corrected chi connectivity index (χ3v) is 7.75. The number of nitrogens with one attached hydrogen (secondary N) is 1. The van der Waals surface area contributed by atoms with E-state index in [1.807, 2.05) is 12.1 Å². The molecule has 2 aromatic carbocycles. The highest BCUT2D eigenvalue weighted by atomic mass is 32.2. The van der Waals surface area contributed by atoms with Crippen molar-refractivity contribution in [1.82, 2.24) is 4.31 Å². The van der Waals surface area contributed by atoms with Crippen molar-refractivity contribution >= 4 is 21.6 Å². The summed E-state index contributed by atoms with van der Waals surface area (Å²) in [7, 11) is -3.55. The minimum Gasteiger partial charge on any atom is -0.494 e. The average Bonchev–Trinajstić information content (AvgIpc) is 3.07. The Bertz CT molecular complexity index is 1020. The molecule has 1 saturated heterocycles. The van der Waals surface area contributed by atoms with Gasteiger partial charge in [0.25, 0.3) is 0 Å². The van der Waals surface area contributed by atoms with E-state index in [0.717, 1.165) is 31.4 Å². The molecular formula is C26H36N2O4S. The van der Waals surface area contributed by atoms with Crippen LogP contribution in [0.1, 0.15) is 64.9 Å². The molecular weight excluding hydrogens is 436 g/mol. The Morgan fingerprint density at radius 2 is 1.67 bits per heavy atom. The van der Waals surface area contributed by atoms with Gasteiger partial charge in [-0.05, 0) is 60.6 Å². The Morgan fingerprint density at radius 3 is 2.30 bits per heavy atom. The van der Waals surface area contributed by atoms with E-state index < -0.39 is 10.0 Å². The highest BCUT2D eigenvalue weighted by Gasteiger charge is 2.25. The van der Waals surface area contributed by atoms with Crippen LogP contribution in [0.4, 0.5) is 5.69 Å². The highest BCUT2D eigenvalue weighted by Crippen LogP contribution is 2.25. The first-order valence-corrected chi connectivity index (χ1v) is 13.2. The van der Waals surface area contributed by atoms with Crippen LogP contribution in [0.5, 0.6) is 5.75 Å². The van der Waals surface area contributed by atoms with E-state index in [4.69, 9.17) is 4.74 Å². The second-order valence-electron chi connectivity index (χ2n) is 9.62. The number of ether oxygens (including phenoxy) is 1. The first-order chi connectivity index (χ1) is 15.7. The topological polar surface area (TPSA) is 75.7 Å². The van der Waals surface area contributed by atoms with Crippen LogP contribution in [0.25, 0.3) is 0 Å². The normalized spacial score (nSPS) is 15.6. The van der Waals surface area contributed by atoms with Gasteiger partial charge in [0, 0.05) is 25.2 Å². The summed E-state index contributed by atoms with van der Waals surface area (Å²) in [6.07, 6.45) is 4.76. The molecule has 0 saturated carbocycles. The van der Waals surface area contributed by atoms with Crippen molar-refractivity contribution < 1.29 is 17.9 Å². The van der Waals surface area contributed by atoms with Crippen LogP contribution < -0.4 is 10.1 Å². The predicted octanol–water partition coefficient (Wildman–Crippen LogP) is 5.35. The average molecular weight is 473 g/mol. The fraction of sp³-hybridized carbons (Fsp3) is 0.500. The van der Waals surface area contributed by atoms with E-state index in [2.05, 4.69) is 38.2 Å². The van der Waals surface area contributed by atoms with E-state index >= 15 is 0 Å². The molecule has 1 amide bonds. The molecule has 1 heterocycles. The third-order valence-electron chi connectivity index (χ3n) is 5.86. The van der Waals surface area contributed by atoms with Gasteiger partial charge in [-0.3, -0.25) is 4.79 Å². The summed E-state index contributed by atoms with van der Waals surface area (Å²) in [5.74, 6) is 0.626. The molecule has 6 nitrogen and oxygen atoms in total. The van der Waals surface area contributed by atoms with Gasteiger partial charge < -0.3 is 10.1 Å². The molecule has 1 aliphatic heterocycles. The second-order valence-corrected chi connectivity index (χ2v) is 11.6. The van der Waals surface area contributed by atoms with Crippen LogP contribution in [0.2, 0.25) is 0 Å². The summed E-state index contributed by atoms with van der Waals surface area (Å²) >= 11 is 0. The molecule has 3 rings (SSSR count). The minimum atomic E-state index is -3.55. The predicted molar refractivity (Wildman–Crippen MR) is 132 cm³/mol. The van der Waals surface area contributed by atoms with E-state index in [9.17, 15) is 13.2 Å². The van der Waals surface area contributed by atoms with Crippen molar-refractivity contribution in [1.29, 1.82) is 0 Å². The van der Waals surface area contributed by atoms with Crippen molar-refractivity contribution in [3.05, 3.63) is 54.1 Å². The monoisotopic (exact) mass is 472 g/mol. The zero-order valence-electron chi connectivity index (χ0n) is 20.0. The molecule has 0 atom stereocenters. The van der Waals surface area contributed by atoms with Gasteiger partial charge in [0.15, 0.2) is 0 Å². The van der Waals surface area contributed by atoms with E-state index in [-0.39, 0.29) is 16.2 Å². The molecule has 0 spiro atoms. The Balaban J connectivity index is 1.48. The number of benzene rings is 2. The molecule has 1 fully saturated rings. The maximum absolute atomic E-state index is 13.0. The molecule has 0 aliphatic carbocycles. The minimum absolute atomic E-state index is 0.0976. The molecule has 1 N–H and O–H groups in total. The number of anilines is 1. The quantitative estimate of drug-likeness (QED) is 0.526. The lowest BCUT2D eigenvalue weighted by molar-refractivity contribution is -0.116. The molecule has 2 aromatic rings. The maximum atomic E-state index is 13.0. The lowest BCUT2D eigenvalue weighted by Gasteiger charge is -2.20. The number of rotatable bonds is 8. The van der Waals surface area contributed by atoms with Crippen LogP contribution in [-0.2, 0) is 20.2 Å². The summed E-state index contributed by atoms with van der Waals surface area (Å²) in [6, 6.07) is 14.6. The molecule has 7 heteroatoms. The van der Waals surface area contributed by atoms with Gasteiger partial charge in [-0.25, -0.2) is 8.42 Å². The second kappa shape index (κ2) is 11.2. The summed E-state index contributed by atoms with van der Waals surface area (Å²) in [4.78, 5) is 12.6. The Morgan fingerprint density at radius 1 is 1.00 bits per heavy atom. The van der Waals surface area contributed by atoms with Gasteiger partial charge in [-0.15, -0.1) is 0 Å². The van der Waals surface area contributed by atoms with Crippen LogP contribution >= 0.6 is 0 Å². The van der Waals surface area contributed by atoms with E-state index in [1.54, 1.807) is 28.6 Å². The van der Waals surface area contributed by atoms with Gasteiger partial charge in [0.05, 0.1) is 11.5 Å². The smallest absolute Gasteiger partial charge is 0.243 e. The van der Waals surface area contributed by atoms with Gasteiger partial charge >= 0.3 is 0 Å². The van der Waals surface area contributed by atoms with Crippen LogP contribution in [0.3, 0.4) is 0 Å². The van der Waals surface area contributed by atoms with Crippen molar-refractivity contribution in [3.63, 3.8) is 0 Å². The van der Waals surface area contributed by atoms with Crippen molar-refractivity contribution in [2.75, 3.05) is 25.0 Å². The standard InChI is InChI=1S/C26H36N2O4S/c1-26(2,3)21-13-15-23(16-14-21)32-19-9-12-25(29)27-22-10-8-11-24(20-22)33(30,31)28-17-6-4-5-7-18-28/h8,10-11,13-16,20H,4-7,9,12,17-19H2,1-3H3,(H,27,29). The van der Waals surface area contributed by atoms with Crippen LogP contribution in [0.15, 0.2) is 53.4 Å². The van der Waals surface area contributed by atoms with E-state index in [0.29, 0.717) is 38.2 Å². The van der Waals surface area contributed by atoms with Gasteiger partial charge in [-0.2, -0.15) is 4.31 Å². The van der Waals surface area contributed by atoms with Gasteiger partial charge in [0.2, 0.25) is 15.9 Å². The largest absolute Gasteiger partial charge is 0.494 e. The SMILES string of the molecule is CC(C)(C)c1ccc(OCCCC(=O)Nc2cccc(S(=O)(=O)N3CCCCCC3)c2)cc1. The Kier molecular flexibility index (Phi) is 8.54. The van der Waals surface area contributed by atoms with Gasteiger partial charge in [0.1, 0.15) is 5.75 Å². The van der Waals surface area contributed by atoms with Crippen molar-refractivity contribution in [3.8, 4) is 5.75 Å². The number of sulfonamides is 1. The lowest BCUT2D eigenvalue weighted by Crippen LogP contribution is -2.32. The molecule has 1 aliphatic rings. The van der Waals surface area contributed by atoms with E-state index in [1.165, 1.54) is 5.56 Å².